The molecule has 3 aromatic rings. The Morgan fingerprint density at radius 1 is 0.967 bits per heavy atom. The molecule has 0 aliphatic carbocycles. The van der Waals surface area contributed by atoms with Crippen LogP contribution in [0.2, 0.25) is 0 Å². The van der Waals surface area contributed by atoms with E-state index < -0.39 is 0 Å². The molecule has 0 spiro atoms. The molecule has 0 atom stereocenters. The van der Waals surface area contributed by atoms with Gasteiger partial charge in [0.15, 0.2) is 0 Å². The zero-order valence-corrected chi connectivity index (χ0v) is 16.9. The summed E-state index contributed by atoms with van der Waals surface area (Å²) < 4.78 is 7.07. The minimum absolute atomic E-state index is 0.0265. The number of amides is 2. The molecule has 1 aliphatic heterocycles. The number of nitrogens with zero attached hydrogens (tertiary/aromatic N) is 4. The van der Waals surface area contributed by atoms with Crippen molar-refractivity contribution in [2.45, 2.75) is 6.54 Å². The summed E-state index contributed by atoms with van der Waals surface area (Å²) in [5.41, 5.74) is 1.57. The van der Waals surface area contributed by atoms with Gasteiger partial charge in [0.25, 0.3) is 5.91 Å². The summed E-state index contributed by atoms with van der Waals surface area (Å²) in [6.45, 7) is 2.29. The van der Waals surface area contributed by atoms with E-state index in [0.717, 1.165) is 11.4 Å². The third-order valence-corrected chi connectivity index (χ3v) is 5.29. The maximum Gasteiger partial charge on any atom is 0.254 e. The van der Waals surface area contributed by atoms with Crippen LogP contribution >= 0.6 is 0 Å². The van der Waals surface area contributed by atoms with E-state index in [9.17, 15) is 9.59 Å². The Morgan fingerprint density at radius 2 is 1.70 bits per heavy atom. The van der Waals surface area contributed by atoms with Gasteiger partial charge in [-0.05, 0) is 18.2 Å². The Labute approximate surface area is 175 Å². The molecule has 30 heavy (non-hydrogen) atoms. The normalized spacial score (nSPS) is 13.9. The Bertz CT molecular complexity index is 1020. The van der Waals surface area contributed by atoms with Crippen molar-refractivity contribution in [2.24, 2.45) is 0 Å². The smallest absolute Gasteiger partial charge is 0.254 e. The van der Waals surface area contributed by atoms with Crippen molar-refractivity contribution in [1.82, 2.24) is 19.4 Å². The van der Waals surface area contributed by atoms with Crippen LogP contribution in [-0.4, -0.2) is 64.5 Å². The number of imidazole rings is 1. The molecule has 1 fully saturated rings. The number of ether oxygens (including phenoxy) is 1. The molecular weight excluding hydrogens is 380 g/mol. The van der Waals surface area contributed by atoms with Crippen LogP contribution in [0, 0.1) is 0 Å². The second-order valence-corrected chi connectivity index (χ2v) is 7.15. The molecule has 0 radical (unpaired) electrons. The number of piperazine rings is 1. The molecule has 7 nitrogen and oxygen atoms in total. The van der Waals surface area contributed by atoms with Crippen LogP contribution in [0.25, 0.3) is 11.4 Å². The molecule has 1 aromatic heterocycles. The first-order valence-corrected chi connectivity index (χ1v) is 9.93. The van der Waals surface area contributed by atoms with Crippen LogP contribution < -0.4 is 4.74 Å². The van der Waals surface area contributed by atoms with Gasteiger partial charge in [0, 0.05) is 49.7 Å². The molecule has 0 saturated carbocycles. The number of aromatic nitrogens is 2. The number of hydrogen-bond donors (Lipinski definition) is 0. The van der Waals surface area contributed by atoms with Gasteiger partial charge in [0.1, 0.15) is 18.1 Å². The van der Waals surface area contributed by atoms with E-state index in [2.05, 4.69) is 4.98 Å². The summed E-state index contributed by atoms with van der Waals surface area (Å²) >= 11 is 0. The third-order valence-electron chi connectivity index (χ3n) is 5.29. The first kappa shape index (κ1) is 19.7. The van der Waals surface area contributed by atoms with Gasteiger partial charge in [0.2, 0.25) is 5.91 Å². The van der Waals surface area contributed by atoms with Crippen molar-refractivity contribution >= 4 is 11.8 Å². The van der Waals surface area contributed by atoms with Crippen LogP contribution in [0.5, 0.6) is 5.75 Å². The third kappa shape index (κ3) is 4.20. The van der Waals surface area contributed by atoms with E-state index in [0.29, 0.717) is 37.5 Å². The van der Waals surface area contributed by atoms with E-state index in [4.69, 9.17) is 4.74 Å². The molecule has 2 amide bonds. The lowest BCUT2D eigenvalue weighted by atomic mass is 10.1. The van der Waals surface area contributed by atoms with Crippen molar-refractivity contribution < 1.29 is 14.3 Å². The van der Waals surface area contributed by atoms with Gasteiger partial charge in [-0.2, -0.15) is 0 Å². The van der Waals surface area contributed by atoms with Gasteiger partial charge in [-0.1, -0.05) is 36.4 Å². The minimum Gasteiger partial charge on any atom is -0.497 e. The molecule has 0 unspecified atom stereocenters. The summed E-state index contributed by atoms with van der Waals surface area (Å²) in [6.07, 6.45) is 3.53. The van der Waals surface area contributed by atoms with Crippen LogP contribution in [-0.2, 0) is 11.3 Å². The molecule has 0 N–H and O–H groups in total. The van der Waals surface area contributed by atoms with Crippen LogP contribution in [0.3, 0.4) is 0 Å². The van der Waals surface area contributed by atoms with Crippen molar-refractivity contribution in [3.8, 4) is 17.1 Å². The lowest BCUT2D eigenvalue weighted by Crippen LogP contribution is -2.51. The van der Waals surface area contributed by atoms with Gasteiger partial charge in [-0.15, -0.1) is 0 Å². The Kier molecular flexibility index (Phi) is 5.79. The van der Waals surface area contributed by atoms with E-state index >= 15 is 0 Å². The second-order valence-electron chi connectivity index (χ2n) is 7.15. The van der Waals surface area contributed by atoms with Crippen molar-refractivity contribution in [3.05, 3.63) is 72.6 Å². The summed E-state index contributed by atoms with van der Waals surface area (Å²) in [4.78, 5) is 33.6. The van der Waals surface area contributed by atoms with E-state index in [1.807, 2.05) is 52.1 Å². The number of hydrogen-bond acceptors (Lipinski definition) is 4. The Morgan fingerprint density at radius 3 is 2.43 bits per heavy atom. The zero-order chi connectivity index (χ0) is 20.9. The maximum absolute atomic E-state index is 12.8. The maximum atomic E-state index is 12.8. The van der Waals surface area contributed by atoms with Crippen molar-refractivity contribution in [2.75, 3.05) is 33.3 Å². The highest BCUT2D eigenvalue weighted by atomic mass is 16.5. The number of rotatable bonds is 5. The van der Waals surface area contributed by atoms with Crippen LogP contribution in [0.1, 0.15) is 10.4 Å². The first-order chi connectivity index (χ1) is 14.7. The monoisotopic (exact) mass is 404 g/mol. The minimum atomic E-state index is -0.0398. The molecular formula is C23H24N4O3. The van der Waals surface area contributed by atoms with Gasteiger partial charge in [0.05, 0.1) is 7.11 Å². The topological polar surface area (TPSA) is 67.7 Å². The molecule has 0 bridgehead atoms. The standard InChI is InChI=1S/C23H24N4O3/c1-30-20-9-5-8-19(16-20)23(29)26-14-12-25(13-15-26)21(28)17-27-11-10-24-22(27)18-6-3-2-4-7-18/h2-11,16H,12-15,17H2,1H3. The molecule has 7 heteroatoms. The quantitative estimate of drug-likeness (QED) is 0.655. The molecule has 154 valence electrons. The lowest BCUT2D eigenvalue weighted by Gasteiger charge is -2.35. The highest BCUT2D eigenvalue weighted by Crippen LogP contribution is 2.18. The number of benzene rings is 2. The average molecular weight is 404 g/mol. The number of carbonyl (C=O) groups excluding carboxylic acids is 2. The van der Waals surface area contributed by atoms with E-state index in [1.165, 1.54) is 0 Å². The molecule has 2 heterocycles. The van der Waals surface area contributed by atoms with Crippen LogP contribution in [0.4, 0.5) is 0 Å². The first-order valence-electron chi connectivity index (χ1n) is 9.93. The number of carbonyl (C=O) groups is 2. The molecule has 2 aromatic carbocycles. The van der Waals surface area contributed by atoms with E-state index in [1.54, 1.807) is 36.4 Å². The second kappa shape index (κ2) is 8.82. The molecule has 4 rings (SSSR count). The predicted molar refractivity (Wildman–Crippen MR) is 113 cm³/mol. The summed E-state index contributed by atoms with van der Waals surface area (Å²) in [7, 11) is 1.58. The highest BCUT2D eigenvalue weighted by Gasteiger charge is 2.25. The SMILES string of the molecule is COc1cccc(C(=O)N2CCN(C(=O)Cn3ccnc3-c3ccccc3)CC2)c1. The van der Waals surface area contributed by atoms with Crippen molar-refractivity contribution in [1.29, 1.82) is 0 Å². The summed E-state index contributed by atoms with van der Waals surface area (Å²) in [6, 6.07) is 17.0. The van der Waals surface area contributed by atoms with Gasteiger partial charge in [-0.25, -0.2) is 4.98 Å². The largest absolute Gasteiger partial charge is 0.497 e. The zero-order valence-electron chi connectivity index (χ0n) is 16.9. The summed E-state index contributed by atoms with van der Waals surface area (Å²) in [5.74, 6) is 1.42. The van der Waals surface area contributed by atoms with Gasteiger partial charge in [-0.3, -0.25) is 9.59 Å². The van der Waals surface area contributed by atoms with Crippen LogP contribution in [0.15, 0.2) is 67.0 Å². The fourth-order valence-electron chi connectivity index (χ4n) is 3.63. The van der Waals surface area contributed by atoms with Gasteiger partial charge >= 0.3 is 0 Å². The highest BCUT2D eigenvalue weighted by molar-refractivity contribution is 5.94. The van der Waals surface area contributed by atoms with Crippen molar-refractivity contribution in [3.63, 3.8) is 0 Å². The Hall–Kier alpha value is -3.61. The number of methoxy groups -OCH3 is 1. The fourth-order valence-corrected chi connectivity index (χ4v) is 3.63. The lowest BCUT2D eigenvalue weighted by molar-refractivity contribution is -0.133. The van der Waals surface area contributed by atoms with Gasteiger partial charge < -0.3 is 19.1 Å². The predicted octanol–water partition coefficient (Wildman–Crippen LogP) is 2.54. The fraction of sp³-hybridized carbons (Fsp3) is 0.261. The Balaban J connectivity index is 1.36. The molecule has 1 saturated heterocycles. The molecule has 1 aliphatic rings. The summed E-state index contributed by atoms with van der Waals surface area (Å²) in [5, 5.41) is 0. The average Bonchev–Trinajstić information content (AvgIpc) is 3.27. The van der Waals surface area contributed by atoms with E-state index in [-0.39, 0.29) is 18.4 Å².